The van der Waals surface area contributed by atoms with Gasteiger partial charge in [0.05, 0.1) is 5.41 Å². The molecule has 6 nitrogen and oxygen atoms in total. The maximum atomic E-state index is 6.49. The molecule has 7 aromatic rings. The van der Waals surface area contributed by atoms with Crippen LogP contribution < -0.4 is 4.74 Å². The maximum absolute atomic E-state index is 6.49. The van der Waals surface area contributed by atoms with Gasteiger partial charge in [-0.1, -0.05) is 84.9 Å². The number of nitrogens with zero attached hydrogens (tertiary/aromatic N) is 5. The van der Waals surface area contributed by atoms with Crippen molar-refractivity contribution in [3.05, 3.63) is 162 Å². The Balaban J connectivity index is 1.33. The molecule has 3 aromatic heterocycles. The molecule has 0 radical (unpaired) electrons. The smallest absolute Gasteiger partial charge is 0.182 e. The second kappa shape index (κ2) is 9.51. The van der Waals surface area contributed by atoms with Crippen LogP contribution >= 0.6 is 0 Å². The number of benzene rings is 4. The molecule has 0 atom stereocenters. The summed E-state index contributed by atoms with van der Waals surface area (Å²) in [5.74, 6) is 3.26. The molecule has 0 N–H and O–H groups in total. The minimum absolute atomic E-state index is 0.497. The Hall–Kier alpha value is -6.01. The largest absolute Gasteiger partial charge is 0.457 e. The average Bonchev–Trinajstić information content (AvgIpc) is 3.39. The minimum atomic E-state index is -0.575. The quantitative estimate of drug-likeness (QED) is 0.215. The average molecular weight is 566 g/mol. The van der Waals surface area contributed by atoms with E-state index in [9.17, 15) is 0 Å². The lowest BCUT2D eigenvalue weighted by Crippen LogP contribution is -2.32. The number of hydrogen-bond donors (Lipinski definition) is 0. The molecule has 2 aliphatic rings. The van der Waals surface area contributed by atoms with Crippen molar-refractivity contribution in [3.8, 4) is 57.1 Å². The van der Waals surface area contributed by atoms with E-state index in [0.29, 0.717) is 28.9 Å². The van der Waals surface area contributed by atoms with Crippen LogP contribution in [0.4, 0.5) is 0 Å². The summed E-state index contributed by atoms with van der Waals surface area (Å²) < 4.78 is 6.49. The first-order valence-corrected chi connectivity index (χ1v) is 14.5. The monoisotopic (exact) mass is 565 g/mol. The summed E-state index contributed by atoms with van der Waals surface area (Å²) in [6.07, 6.45) is 3.49. The summed E-state index contributed by atoms with van der Waals surface area (Å²) in [6.45, 7) is 0. The molecule has 9 rings (SSSR count). The molecule has 4 heterocycles. The molecule has 1 aliphatic heterocycles. The predicted molar refractivity (Wildman–Crippen MR) is 169 cm³/mol. The first kappa shape index (κ1) is 24.6. The summed E-state index contributed by atoms with van der Waals surface area (Å²) >= 11 is 0. The molecule has 0 amide bonds. The van der Waals surface area contributed by atoms with Gasteiger partial charge in [-0.05, 0) is 64.7 Å². The van der Waals surface area contributed by atoms with Gasteiger partial charge in [0.25, 0.3) is 0 Å². The van der Waals surface area contributed by atoms with E-state index in [1.54, 1.807) is 12.4 Å². The van der Waals surface area contributed by atoms with Crippen molar-refractivity contribution in [1.29, 1.82) is 0 Å². The normalized spacial score (nSPS) is 13.4. The molecule has 6 heteroatoms. The minimum Gasteiger partial charge on any atom is -0.457 e. The highest BCUT2D eigenvalue weighted by atomic mass is 16.5. The van der Waals surface area contributed by atoms with E-state index in [-0.39, 0.29) is 0 Å². The fraction of sp³-hybridized carbons (Fsp3) is 0.0263. The third-order valence-electron chi connectivity index (χ3n) is 8.53. The highest BCUT2D eigenvalue weighted by Crippen LogP contribution is 2.62. The van der Waals surface area contributed by atoms with Crippen molar-refractivity contribution in [1.82, 2.24) is 24.9 Å². The topological polar surface area (TPSA) is 73.7 Å². The molecule has 44 heavy (non-hydrogen) atoms. The fourth-order valence-corrected chi connectivity index (χ4v) is 6.72. The van der Waals surface area contributed by atoms with Crippen LogP contribution in [0.15, 0.2) is 140 Å². The highest BCUT2D eigenvalue weighted by molar-refractivity contribution is 5.90. The van der Waals surface area contributed by atoms with Gasteiger partial charge < -0.3 is 4.74 Å². The van der Waals surface area contributed by atoms with E-state index >= 15 is 0 Å². The van der Waals surface area contributed by atoms with Crippen LogP contribution in [0.5, 0.6) is 11.5 Å². The predicted octanol–water partition coefficient (Wildman–Crippen LogP) is 8.13. The summed E-state index contributed by atoms with van der Waals surface area (Å²) in [4.78, 5) is 23.8. The van der Waals surface area contributed by atoms with Crippen LogP contribution in [-0.4, -0.2) is 24.9 Å². The molecular weight excluding hydrogens is 542 g/mol. The second-order valence-electron chi connectivity index (χ2n) is 10.9. The van der Waals surface area contributed by atoms with Gasteiger partial charge >= 0.3 is 0 Å². The summed E-state index contributed by atoms with van der Waals surface area (Å²) in [5, 5.41) is 0. The number of para-hydroxylation sites is 2. The number of aromatic nitrogens is 5. The standard InChI is InChI=1S/C38H23N5O/c1-2-12-27-25(11-1)26-20-19-24(23-30(26)38(27)28-13-3-5-17-33(28)44-34-18-6-4-14-29(34)38)35-41-36(31-15-7-9-21-39-31)43-37(42-35)32-16-8-10-22-40-32/h1-23H. The molecule has 4 aromatic carbocycles. The van der Waals surface area contributed by atoms with Crippen molar-refractivity contribution in [3.63, 3.8) is 0 Å². The lowest BCUT2D eigenvalue weighted by Gasteiger charge is -2.39. The van der Waals surface area contributed by atoms with E-state index in [2.05, 4.69) is 88.8 Å². The number of rotatable bonds is 3. The van der Waals surface area contributed by atoms with Crippen molar-refractivity contribution >= 4 is 0 Å². The zero-order valence-electron chi connectivity index (χ0n) is 23.4. The van der Waals surface area contributed by atoms with Gasteiger partial charge in [0, 0.05) is 29.1 Å². The van der Waals surface area contributed by atoms with E-state index in [0.717, 1.165) is 28.2 Å². The van der Waals surface area contributed by atoms with Crippen LogP contribution in [0.1, 0.15) is 22.3 Å². The van der Waals surface area contributed by atoms with Crippen LogP contribution in [0.25, 0.3) is 45.6 Å². The van der Waals surface area contributed by atoms with Gasteiger partial charge in [0.1, 0.15) is 22.9 Å². The zero-order valence-corrected chi connectivity index (χ0v) is 23.4. The molecular formula is C38H23N5O. The Kier molecular flexibility index (Phi) is 5.31. The van der Waals surface area contributed by atoms with Crippen LogP contribution in [0, 0.1) is 0 Å². The second-order valence-corrected chi connectivity index (χ2v) is 10.9. The van der Waals surface area contributed by atoms with Crippen molar-refractivity contribution in [2.24, 2.45) is 0 Å². The summed E-state index contributed by atoms with van der Waals surface area (Å²) in [7, 11) is 0. The lowest BCUT2D eigenvalue weighted by molar-refractivity contribution is 0.436. The molecule has 0 saturated carbocycles. The van der Waals surface area contributed by atoms with E-state index in [1.165, 1.54) is 22.3 Å². The Labute approximate surface area is 253 Å². The lowest BCUT2D eigenvalue weighted by atomic mass is 9.66. The number of pyridine rings is 2. The molecule has 206 valence electrons. The van der Waals surface area contributed by atoms with Crippen molar-refractivity contribution < 1.29 is 4.74 Å². The van der Waals surface area contributed by atoms with Crippen molar-refractivity contribution in [2.45, 2.75) is 5.41 Å². The SMILES string of the molecule is c1ccc(-c2nc(-c3ccc4c(c3)C3(c5ccccc5Oc5ccccc53)c3ccccc3-4)nc(-c3ccccn3)n2)nc1. The zero-order chi connectivity index (χ0) is 29.1. The Morgan fingerprint density at radius 1 is 0.432 bits per heavy atom. The van der Waals surface area contributed by atoms with Crippen LogP contribution in [-0.2, 0) is 5.41 Å². The van der Waals surface area contributed by atoms with E-state index in [4.69, 9.17) is 19.7 Å². The van der Waals surface area contributed by atoms with E-state index in [1.807, 2.05) is 48.5 Å². The van der Waals surface area contributed by atoms with Gasteiger partial charge in [-0.2, -0.15) is 0 Å². The van der Waals surface area contributed by atoms with Gasteiger partial charge in [-0.25, -0.2) is 15.0 Å². The Morgan fingerprint density at radius 2 is 0.955 bits per heavy atom. The van der Waals surface area contributed by atoms with Crippen LogP contribution in [0.3, 0.4) is 0 Å². The van der Waals surface area contributed by atoms with Gasteiger partial charge in [-0.3, -0.25) is 9.97 Å². The van der Waals surface area contributed by atoms with Gasteiger partial charge in [0.15, 0.2) is 17.5 Å². The molecule has 1 aliphatic carbocycles. The molecule has 0 bridgehead atoms. The molecule has 0 unspecified atom stereocenters. The first-order chi connectivity index (χ1) is 21.8. The fourth-order valence-electron chi connectivity index (χ4n) is 6.72. The maximum Gasteiger partial charge on any atom is 0.182 e. The first-order valence-electron chi connectivity index (χ1n) is 14.5. The third-order valence-corrected chi connectivity index (χ3v) is 8.53. The number of fused-ring (bicyclic) bond motifs is 9. The van der Waals surface area contributed by atoms with Crippen LogP contribution in [0.2, 0.25) is 0 Å². The molecule has 0 saturated heterocycles. The summed E-state index contributed by atoms with van der Waals surface area (Å²) in [6, 6.07) is 43.4. The van der Waals surface area contributed by atoms with Crippen molar-refractivity contribution in [2.75, 3.05) is 0 Å². The summed E-state index contributed by atoms with van der Waals surface area (Å²) in [5.41, 5.74) is 8.66. The number of hydrogen-bond acceptors (Lipinski definition) is 6. The Morgan fingerprint density at radius 3 is 1.57 bits per heavy atom. The van der Waals surface area contributed by atoms with Gasteiger partial charge in [0.2, 0.25) is 0 Å². The van der Waals surface area contributed by atoms with E-state index < -0.39 is 5.41 Å². The third kappa shape index (κ3) is 3.51. The van der Waals surface area contributed by atoms with Gasteiger partial charge in [-0.15, -0.1) is 0 Å². The highest BCUT2D eigenvalue weighted by Gasteiger charge is 2.51. The number of ether oxygens (including phenoxy) is 1. The Bertz CT molecular complexity index is 2110. The molecule has 0 fully saturated rings. The molecule has 1 spiro atoms.